The summed E-state index contributed by atoms with van der Waals surface area (Å²) in [5.74, 6) is 0. The quantitative estimate of drug-likeness (QED) is 0.665. The highest BCUT2D eigenvalue weighted by Crippen LogP contribution is 2.28. The Labute approximate surface area is 83.3 Å². The van der Waals surface area contributed by atoms with Crippen molar-refractivity contribution >= 4 is 11.8 Å². The van der Waals surface area contributed by atoms with Gasteiger partial charge in [-0.3, -0.25) is 0 Å². The van der Waals surface area contributed by atoms with Crippen LogP contribution in [0.3, 0.4) is 0 Å². The molecule has 1 aromatic heterocycles. The predicted molar refractivity (Wildman–Crippen MR) is 56.9 cm³/mol. The Hall–Kier alpha value is -0.760. The van der Waals surface area contributed by atoms with Crippen molar-refractivity contribution in [3.63, 3.8) is 0 Å². The summed E-state index contributed by atoms with van der Waals surface area (Å²) in [6.45, 7) is 0. The van der Waals surface area contributed by atoms with Crippen LogP contribution in [0.2, 0.25) is 0 Å². The second-order valence-corrected chi connectivity index (χ2v) is 4.44. The van der Waals surface area contributed by atoms with Gasteiger partial charge in [-0.1, -0.05) is 30.0 Å². The lowest BCUT2D eigenvalue weighted by molar-refractivity contribution is 0.740. The zero-order valence-corrected chi connectivity index (χ0v) is 8.33. The first kappa shape index (κ1) is 8.82. The molecule has 0 aromatic carbocycles. The number of thioether (sulfide) groups is 1. The van der Waals surface area contributed by atoms with Crippen LogP contribution in [-0.2, 0) is 0 Å². The highest BCUT2D eigenvalue weighted by Gasteiger charge is 2.09. The maximum Gasteiger partial charge on any atom is 0.0965 e. The van der Waals surface area contributed by atoms with E-state index in [1.165, 1.54) is 19.3 Å². The minimum Gasteiger partial charge on any atom is -0.250 e. The van der Waals surface area contributed by atoms with Crippen LogP contribution in [0.15, 0.2) is 41.6 Å². The van der Waals surface area contributed by atoms with Crippen LogP contribution in [0, 0.1) is 0 Å². The molecule has 1 nitrogen and oxygen atoms in total. The van der Waals surface area contributed by atoms with Gasteiger partial charge >= 0.3 is 0 Å². The molecule has 0 fully saturated rings. The third-order valence-electron chi connectivity index (χ3n) is 2.12. The molecule has 1 aromatic rings. The van der Waals surface area contributed by atoms with Crippen molar-refractivity contribution in [1.82, 2.24) is 4.98 Å². The van der Waals surface area contributed by atoms with Gasteiger partial charge in [-0.2, -0.15) is 0 Å². The van der Waals surface area contributed by atoms with E-state index in [0.717, 1.165) is 5.03 Å². The van der Waals surface area contributed by atoms with Gasteiger partial charge in [-0.25, -0.2) is 4.98 Å². The third kappa shape index (κ3) is 2.59. The van der Waals surface area contributed by atoms with Crippen molar-refractivity contribution < 1.29 is 0 Å². The normalized spacial score (nSPS) is 21.7. The summed E-state index contributed by atoms with van der Waals surface area (Å²) in [7, 11) is 0. The van der Waals surface area contributed by atoms with Gasteiger partial charge < -0.3 is 0 Å². The van der Waals surface area contributed by atoms with Crippen LogP contribution in [0.1, 0.15) is 19.3 Å². The Bertz CT molecular complexity index is 281. The van der Waals surface area contributed by atoms with Gasteiger partial charge in [-0.05, 0) is 31.4 Å². The van der Waals surface area contributed by atoms with Crippen molar-refractivity contribution in [3.8, 4) is 0 Å². The van der Waals surface area contributed by atoms with E-state index < -0.39 is 0 Å². The Morgan fingerprint density at radius 1 is 1.38 bits per heavy atom. The molecule has 1 heterocycles. The maximum atomic E-state index is 4.30. The second kappa shape index (κ2) is 4.47. The van der Waals surface area contributed by atoms with Gasteiger partial charge in [0, 0.05) is 11.4 Å². The topological polar surface area (TPSA) is 12.9 Å². The molecule has 68 valence electrons. The highest BCUT2D eigenvalue weighted by atomic mass is 32.2. The van der Waals surface area contributed by atoms with E-state index in [1.807, 2.05) is 30.1 Å². The number of hydrogen-bond acceptors (Lipinski definition) is 2. The predicted octanol–water partition coefficient (Wildman–Crippen LogP) is 3.28. The van der Waals surface area contributed by atoms with Crippen molar-refractivity contribution in [2.24, 2.45) is 0 Å². The summed E-state index contributed by atoms with van der Waals surface area (Å²) in [4.78, 5) is 4.30. The zero-order chi connectivity index (χ0) is 8.93. The Morgan fingerprint density at radius 3 is 3.08 bits per heavy atom. The van der Waals surface area contributed by atoms with Gasteiger partial charge in [-0.15, -0.1) is 0 Å². The van der Waals surface area contributed by atoms with Gasteiger partial charge in [0.15, 0.2) is 0 Å². The SMILES string of the molecule is C1=CC(Sc2ccccn2)CCC1. The van der Waals surface area contributed by atoms with E-state index in [-0.39, 0.29) is 0 Å². The molecule has 0 aliphatic heterocycles. The lowest BCUT2D eigenvalue weighted by Crippen LogP contribution is -2.02. The fraction of sp³-hybridized carbons (Fsp3) is 0.364. The molecule has 0 N–H and O–H groups in total. The van der Waals surface area contributed by atoms with E-state index in [0.29, 0.717) is 5.25 Å². The van der Waals surface area contributed by atoms with Crippen molar-refractivity contribution in [2.45, 2.75) is 29.5 Å². The highest BCUT2D eigenvalue weighted by molar-refractivity contribution is 8.00. The molecule has 2 heteroatoms. The molecule has 13 heavy (non-hydrogen) atoms. The van der Waals surface area contributed by atoms with Crippen molar-refractivity contribution in [2.75, 3.05) is 0 Å². The molecule has 0 spiro atoms. The zero-order valence-electron chi connectivity index (χ0n) is 7.52. The van der Waals surface area contributed by atoms with E-state index in [2.05, 4.69) is 23.2 Å². The first-order valence-electron chi connectivity index (χ1n) is 4.69. The average molecular weight is 191 g/mol. The smallest absolute Gasteiger partial charge is 0.0965 e. The lowest BCUT2D eigenvalue weighted by atomic mass is 10.1. The summed E-state index contributed by atoms with van der Waals surface area (Å²) in [5.41, 5.74) is 0. The molecule has 2 rings (SSSR count). The van der Waals surface area contributed by atoms with E-state index >= 15 is 0 Å². The van der Waals surface area contributed by atoms with Crippen LogP contribution in [0.4, 0.5) is 0 Å². The van der Waals surface area contributed by atoms with E-state index in [9.17, 15) is 0 Å². The summed E-state index contributed by atoms with van der Waals surface area (Å²) >= 11 is 1.87. The van der Waals surface area contributed by atoms with Crippen LogP contribution in [0.5, 0.6) is 0 Å². The minimum atomic E-state index is 0.642. The first-order valence-corrected chi connectivity index (χ1v) is 5.57. The van der Waals surface area contributed by atoms with Gasteiger partial charge in [0.05, 0.1) is 5.03 Å². The van der Waals surface area contributed by atoms with Crippen LogP contribution in [-0.4, -0.2) is 10.2 Å². The van der Waals surface area contributed by atoms with Gasteiger partial charge in [0.25, 0.3) is 0 Å². The fourth-order valence-electron chi connectivity index (χ4n) is 1.45. The Kier molecular flexibility index (Phi) is 3.03. The maximum absolute atomic E-state index is 4.30. The van der Waals surface area contributed by atoms with Gasteiger partial charge in [0.1, 0.15) is 0 Å². The molecule has 0 saturated heterocycles. The molecule has 1 unspecified atom stereocenters. The number of rotatable bonds is 2. The fourth-order valence-corrected chi connectivity index (χ4v) is 2.51. The first-order chi connectivity index (χ1) is 6.45. The number of allylic oxidation sites excluding steroid dienone is 1. The summed E-state index contributed by atoms with van der Waals surface area (Å²) in [6.07, 6.45) is 10.3. The number of nitrogens with zero attached hydrogens (tertiary/aromatic N) is 1. The number of hydrogen-bond donors (Lipinski definition) is 0. The third-order valence-corrected chi connectivity index (χ3v) is 3.30. The van der Waals surface area contributed by atoms with E-state index in [1.54, 1.807) is 0 Å². The molecule has 0 saturated carbocycles. The van der Waals surface area contributed by atoms with Crippen molar-refractivity contribution in [3.05, 3.63) is 36.5 Å². The standard InChI is InChI=1S/C11H13NS/c1-2-6-10(7-3-1)13-11-8-4-5-9-12-11/h2,4-6,8-10H,1,3,7H2. The average Bonchev–Trinajstić information content (AvgIpc) is 2.21. The molecular weight excluding hydrogens is 178 g/mol. The van der Waals surface area contributed by atoms with Gasteiger partial charge in [0.2, 0.25) is 0 Å². The van der Waals surface area contributed by atoms with E-state index in [4.69, 9.17) is 0 Å². The molecule has 0 bridgehead atoms. The Morgan fingerprint density at radius 2 is 2.38 bits per heavy atom. The largest absolute Gasteiger partial charge is 0.250 e. The van der Waals surface area contributed by atoms with Crippen molar-refractivity contribution in [1.29, 1.82) is 0 Å². The molecule has 1 aliphatic carbocycles. The van der Waals surface area contributed by atoms with Crippen LogP contribution < -0.4 is 0 Å². The lowest BCUT2D eigenvalue weighted by Gasteiger charge is -2.14. The van der Waals surface area contributed by atoms with Crippen LogP contribution >= 0.6 is 11.8 Å². The minimum absolute atomic E-state index is 0.642. The monoisotopic (exact) mass is 191 g/mol. The second-order valence-electron chi connectivity index (χ2n) is 3.18. The summed E-state index contributed by atoms with van der Waals surface area (Å²) in [5, 5.41) is 1.78. The molecule has 0 radical (unpaired) electrons. The Balaban J connectivity index is 1.98. The molecule has 1 aliphatic rings. The molecular formula is C11H13NS. The number of aromatic nitrogens is 1. The van der Waals surface area contributed by atoms with Crippen LogP contribution in [0.25, 0.3) is 0 Å². The molecule has 0 amide bonds. The number of pyridine rings is 1. The summed E-state index contributed by atoms with van der Waals surface area (Å²) < 4.78 is 0. The molecule has 1 atom stereocenters. The summed E-state index contributed by atoms with van der Waals surface area (Å²) in [6, 6.07) is 6.08.